The maximum Gasteiger partial charge on any atom is 0.259 e. The summed E-state index contributed by atoms with van der Waals surface area (Å²) in [5.41, 5.74) is 1.30. The fourth-order valence-electron chi connectivity index (χ4n) is 3.98. The summed E-state index contributed by atoms with van der Waals surface area (Å²) < 4.78 is 11.0. The van der Waals surface area contributed by atoms with Crippen LogP contribution in [-0.2, 0) is 16.0 Å². The zero-order valence-corrected chi connectivity index (χ0v) is 15.4. The molecule has 2 saturated heterocycles. The first-order valence-corrected chi connectivity index (χ1v) is 9.11. The molecule has 7 nitrogen and oxygen atoms in total. The van der Waals surface area contributed by atoms with Crippen LogP contribution in [0.1, 0.15) is 55.4 Å². The molecule has 3 rings (SSSR count). The Morgan fingerprint density at radius 1 is 1.32 bits per heavy atom. The van der Waals surface area contributed by atoms with E-state index in [0.717, 1.165) is 12.8 Å². The molecule has 1 aromatic rings. The first-order valence-electron chi connectivity index (χ1n) is 9.11. The van der Waals surface area contributed by atoms with Crippen molar-refractivity contribution in [3.8, 4) is 0 Å². The predicted octanol–water partition coefficient (Wildman–Crippen LogP) is 1.79. The molecule has 0 saturated carbocycles. The Kier molecular flexibility index (Phi) is 5.13. The summed E-state index contributed by atoms with van der Waals surface area (Å²) in [6, 6.07) is 0.173. The standard InChI is InChI=1S/C18H27N3O4/c1-5-13-17(12(4)25-19-13)18(23)20-8-6-14-15(7-9-20)24-10-16(22)21(14)11(2)3/h11,14-15H,5-10H2,1-4H3/t14-,15-/m0/s1. The van der Waals surface area contributed by atoms with Gasteiger partial charge in [-0.05, 0) is 40.0 Å². The molecule has 2 aliphatic rings. The van der Waals surface area contributed by atoms with Crippen molar-refractivity contribution in [3.05, 3.63) is 17.0 Å². The van der Waals surface area contributed by atoms with Gasteiger partial charge in [0.25, 0.3) is 5.91 Å². The minimum absolute atomic E-state index is 0.00730. The van der Waals surface area contributed by atoms with Gasteiger partial charge in [-0.3, -0.25) is 9.59 Å². The summed E-state index contributed by atoms with van der Waals surface area (Å²) in [4.78, 5) is 29.0. The smallest absolute Gasteiger partial charge is 0.259 e. The summed E-state index contributed by atoms with van der Waals surface area (Å²) in [6.07, 6.45) is 2.12. The van der Waals surface area contributed by atoms with Crippen LogP contribution < -0.4 is 0 Å². The zero-order chi connectivity index (χ0) is 18.1. The molecule has 7 heteroatoms. The monoisotopic (exact) mass is 349 g/mol. The summed E-state index contributed by atoms with van der Waals surface area (Å²) in [5.74, 6) is 0.578. The van der Waals surface area contributed by atoms with E-state index in [-0.39, 0.29) is 36.6 Å². The van der Waals surface area contributed by atoms with Gasteiger partial charge < -0.3 is 19.1 Å². The maximum atomic E-state index is 13.0. The number of carbonyl (C=O) groups excluding carboxylic acids is 2. The van der Waals surface area contributed by atoms with E-state index in [0.29, 0.717) is 36.5 Å². The third-order valence-corrected chi connectivity index (χ3v) is 5.20. The van der Waals surface area contributed by atoms with Gasteiger partial charge in [0.1, 0.15) is 17.9 Å². The highest BCUT2D eigenvalue weighted by Gasteiger charge is 2.40. The number of ether oxygens (including phenoxy) is 1. The Balaban J connectivity index is 1.78. The Bertz CT molecular complexity index is 655. The lowest BCUT2D eigenvalue weighted by Gasteiger charge is -2.42. The summed E-state index contributed by atoms with van der Waals surface area (Å²) in [5, 5.41) is 3.99. The lowest BCUT2D eigenvalue weighted by molar-refractivity contribution is -0.160. The molecule has 2 fully saturated rings. The Morgan fingerprint density at radius 2 is 2.04 bits per heavy atom. The quantitative estimate of drug-likeness (QED) is 0.831. The maximum absolute atomic E-state index is 13.0. The minimum Gasteiger partial charge on any atom is -0.366 e. The van der Waals surface area contributed by atoms with Crippen LogP contribution in [0.5, 0.6) is 0 Å². The number of hydrogen-bond donors (Lipinski definition) is 0. The Labute approximate surface area is 148 Å². The van der Waals surface area contributed by atoms with Gasteiger partial charge in [0.2, 0.25) is 5.91 Å². The normalized spacial score (nSPS) is 24.4. The largest absolute Gasteiger partial charge is 0.366 e. The van der Waals surface area contributed by atoms with Crippen molar-refractivity contribution >= 4 is 11.8 Å². The SMILES string of the molecule is CCc1noc(C)c1C(=O)N1CC[C@@H]2OCC(=O)N(C(C)C)[C@H]2CC1. The van der Waals surface area contributed by atoms with Crippen molar-refractivity contribution in [3.63, 3.8) is 0 Å². The summed E-state index contributed by atoms with van der Waals surface area (Å²) in [7, 11) is 0. The van der Waals surface area contributed by atoms with Crippen molar-refractivity contribution in [1.82, 2.24) is 15.0 Å². The number of aryl methyl sites for hydroxylation is 2. The second kappa shape index (κ2) is 7.15. The molecule has 0 bridgehead atoms. The van der Waals surface area contributed by atoms with Crippen LogP contribution in [0.4, 0.5) is 0 Å². The van der Waals surface area contributed by atoms with E-state index in [1.165, 1.54) is 0 Å². The molecule has 2 atom stereocenters. The number of fused-ring (bicyclic) bond motifs is 1. The molecule has 0 unspecified atom stereocenters. The number of aromatic nitrogens is 1. The summed E-state index contributed by atoms with van der Waals surface area (Å²) >= 11 is 0. The Hall–Kier alpha value is -1.89. The molecule has 0 aromatic carbocycles. The highest BCUT2D eigenvalue weighted by Crippen LogP contribution is 2.27. The first kappa shape index (κ1) is 17.9. The van der Waals surface area contributed by atoms with Gasteiger partial charge in [-0.25, -0.2) is 0 Å². The van der Waals surface area contributed by atoms with E-state index in [9.17, 15) is 9.59 Å². The van der Waals surface area contributed by atoms with Crippen LogP contribution in [0.15, 0.2) is 4.52 Å². The van der Waals surface area contributed by atoms with Gasteiger partial charge in [0.15, 0.2) is 0 Å². The number of hydrogen-bond acceptors (Lipinski definition) is 5. The van der Waals surface area contributed by atoms with Crippen LogP contribution in [-0.4, -0.2) is 64.7 Å². The van der Waals surface area contributed by atoms with Crippen LogP contribution in [0.2, 0.25) is 0 Å². The highest BCUT2D eigenvalue weighted by atomic mass is 16.5. The molecule has 138 valence electrons. The van der Waals surface area contributed by atoms with E-state index in [1.807, 2.05) is 30.6 Å². The van der Waals surface area contributed by atoms with Crippen LogP contribution in [0, 0.1) is 6.92 Å². The third kappa shape index (κ3) is 3.29. The lowest BCUT2D eigenvalue weighted by Crippen LogP contribution is -2.56. The molecule has 25 heavy (non-hydrogen) atoms. The topological polar surface area (TPSA) is 75.9 Å². The number of likely N-dealkylation sites (tertiary alicyclic amines) is 1. The van der Waals surface area contributed by atoms with Crippen molar-refractivity contribution in [2.75, 3.05) is 19.7 Å². The van der Waals surface area contributed by atoms with E-state index in [4.69, 9.17) is 9.26 Å². The van der Waals surface area contributed by atoms with Crippen LogP contribution >= 0.6 is 0 Å². The fourth-order valence-corrected chi connectivity index (χ4v) is 3.98. The third-order valence-electron chi connectivity index (χ3n) is 5.20. The molecule has 0 N–H and O–H groups in total. The Morgan fingerprint density at radius 3 is 2.72 bits per heavy atom. The van der Waals surface area contributed by atoms with E-state index >= 15 is 0 Å². The van der Waals surface area contributed by atoms with Gasteiger partial charge in [0, 0.05) is 19.1 Å². The van der Waals surface area contributed by atoms with E-state index in [1.54, 1.807) is 6.92 Å². The van der Waals surface area contributed by atoms with Crippen molar-refractivity contribution in [2.45, 2.75) is 65.1 Å². The molecule has 0 radical (unpaired) electrons. The first-order chi connectivity index (χ1) is 11.9. The molecule has 1 aromatic heterocycles. The molecule has 2 amide bonds. The second-order valence-corrected chi connectivity index (χ2v) is 7.10. The number of morpholine rings is 1. The molecular formula is C18H27N3O4. The van der Waals surface area contributed by atoms with Gasteiger partial charge in [-0.2, -0.15) is 0 Å². The van der Waals surface area contributed by atoms with Gasteiger partial charge in [0.05, 0.1) is 17.8 Å². The van der Waals surface area contributed by atoms with Crippen molar-refractivity contribution in [1.29, 1.82) is 0 Å². The average molecular weight is 349 g/mol. The molecule has 2 aliphatic heterocycles. The molecule has 3 heterocycles. The van der Waals surface area contributed by atoms with Gasteiger partial charge >= 0.3 is 0 Å². The number of nitrogens with zero attached hydrogens (tertiary/aromatic N) is 3. The average Bonchev–Trinajstić information content (AvgIpc) is 2.82. The second-order valence-electron chi connectivity index (χ2n) is 7.10. The van der Waals surface area contributed by atoms with Crippen LogP contribution in [0.25, 0.3) is 0 Å². The number of carbonyl (C=O) groups is 2. The van der Waals surface area contributed by atoms with Crippen molar-refractivity contribution < 1.29 is 18.8 Å². The van der Waals surface area contributed by atoms with Gasteiger partial charge in [-0.1, -0.05) is 12.1 Å². The molecular weight excluding hydrogens is 322 g/mol. The lowest BCUT2D eigenvalue weighted by atomic mass is 10.0. The van der Waals surface area contributed by atoms with E-state index < -0.39 is 0 Å². The van der Waals surface area contributed by atoms with Crippen molar-refractivity contribution in [2.24, 2.45) is 0 Å². The number of rotatable bonds is 3. The van der Waals surface area contributed by atoms with Crippen LogP contribution in [0.3, 0.4) is 0 Å². The molecule has 0 aliphatic carbocycles. The highest BCUT2D eigenvalue weighted by molar-refractivity contribution is 5.96. The fraction of sp³-hybridized carbons (Fsp3) is 0.722. The van der Waals surface area contributed by atoms with E-state index in [2.05, 4.69) is 5.16 Å². The van der Waals surface area contributed by atoms with Gasteiger partial charge in [-0.15, -0.1) is 0 Å². The summed E-state index contributed by atoms with van der Waals surface area (Å²) in [6.45, 7) is 9.16. The molecule has 0 spiro atoms. The minimum atomic E-state index is -0.0309. The predicted molar refractivity (Wildman–Crippen MR) is 91.3 cm³/mol. The zero-order valence-electron chi connectivity index (χ0n) is 15.4. The number of amides is 2.